The Bertz CT molecular complexity index is 348. The highest BCUT2D eigenvalue weighted by molar-refractivity contribution is 5.39. The van der Waals surface area contributed by atoms with E-state index in [1.807, 2.05) is 12.2 Å². The van der Waals surface area contributed by atoms with Crippen LogP contribution in [0, 0.1) is 0 Å². The van der Waals surface area contributed by atoms with Crippen LogP contribution in [0.1, 0.15) is 32.6 Å². The number of ether oxygens (including phenoxy) is 1. The van der Waals surface area contributed by atoms with Gasteiger partial charge in [0.2, 0.25) is 0 Å². The lowest BCUT2D eigenvalue weighted by atomic mass is 9.87. The molecule has 3 N–H and O–H groups in total. The Labute approximate surface area is 108 Å². The first kappa shape index (κ1) is 13.7. The van der Waals surface area contributed by atoms with Crippen molar-refractivity contribution < 1.29 is 20.1 Å². The third-order valence-corrected chi connectivity index (χ3v) is 3.67. The zero-order valence-electron chi connectivity index (χ0n) is 10.7. The van der Waals surface area contributed by atoms with Crippen LogP contribution in [0.15, 0.2) is 23.3 Å². The van der Waals surface area contributed by atoms with E-state index in [1.165, 1.54) is 12.8 Å². The number of aliphatic hydroxyl groups is 3. The van der Waals surface area contributed by atoms with Crippen LogP contribution in [0.25, 0.3) is 0 Å². The lowest BCUT2D eigenvalue weighted by Crippen LogP contribution is -2.35. The number of epoxide rings is 1. The van der Waals surface area contributed by atoms with Gasteiger partial charge in [-0.1, -0.05) is 31.9 Å². The lowest BCUT2D eigenvalue weighted by Gasteiger charge is -2.23. The van der Waals surface area contributed by atoms with Gasteiger partial charge < -0.3 is 20.1 Å². The minimum atomic E-state index is -0.779. The SMILES string of the molecule is CCCCC/C=C/C1=C(CO)[C@H](O)[C@H]2O[C@H]2[C@H]1O. The first-order chi connectivity index (χ1) is 8.70. The molecular weight excluding hydrogens is 232 g/mol. The van der Waals surface area contributed by atoms with Gasteiger partial charge in [0.15, 0.2) is 0 Å². The van der Waals surface area contributed by atoms with E-state index in [0.717, 1.165) is 12.8 Å². The van der Waals surface area contributed by atoms with Gasteiger partial charge in [0.05, 0.1) is 6.61 Å². The number of rotatable bonds is 6. The summed E-state index contributed by atoms with van der Waals surface area (Å²) in [6.45, 7) is 1.92. The maximum Gasteiger partial charge on any atom is 0.117 e. The fourth-order valence-corrected chi connectivity index (χ4v) is 2.49. The molecule has 4 nitrogen and oxygen atoms in total. The molecule has 0 radical (unpaired) electrons. The van der Waals surface area contributed by atoms with Crippen molar-refractivity contribution in [3.8, 4) is 0 Å². The van der Waals surface area contributed by atoms with Gasteiger partial charge in [-0.2, -0.15) is 0 Å². The summed E-state index contributed by atoms with van der Waals surface area (Å²) in [4.78, 5) is 0. The van der Waals surface area contributed by atoms with Gasteiger partial charge in [-0.15, -0.1) is 0 Å². The van der Waals surface area contributed by atoms with E-state index in [-0.39, 0.29) is 18.8 Å². The van der Waals surface area contributed by atoms with Gasteiger partial charge in [-0.05, 0) is 24.0 Å². The molecule has 4 atom stereocenters. The van der Waals surface area contributed by atoms with E-state index in [2.05, 4.69) is 6.92 Å². The number of allylic oxidation sites excluding steroid dienone is 1. The van der Waals surface area contributed by atoms with Gasteiger partial charge in [0.1, 0.15) is 24.4 Å². The Morgan fingerprint density at radius 2 is 1.89 bits per heavy atom. The minimum Gasteiger partial charge on any atom is -0.392 e. The topological polar surface area (TPSA) is 73.2 Å². The quantitative estimate of drug-likeness (QED) is 0.487. The fraction of sp³-hybridized carbons (Fsp3) is 0.714. The molecule has 0 spiro atoms. The number of hydrogen-bond acceptors (Lipinski definition) is 4. The molecule has 0 amide bonds. The van der Waals surface area contributed by atoms with Crippen LogP contribution < -0.4 is 0 Å². The Morgan fingerprint density at radius 3 is 2.56 bits per heavy atom. The van der Waals surface area contributed by atoms with Crippen molar-refractivity contribution in [3.63, 3.8) is 0 Å². The van der Waals surface area contributed by atoms with Crippen molar-refractivity contribution in [2.45, 2.75) is 57.0 Å². The summed E-state index contributed by atoms with van der Waals surface area (Å²) in [5.74, 6) is 0. The summed E-state index contributed by atoms with van der Waals surface area (Å²) in [7, 11) is 0. The molecule has 2 aliphatic rings. The highest BCUT2D eigenvalue weighted by Crippen LogP contribution is 2.40. The highest BCUT2D eigenvalue weighted by atomic mass is 16.6. The van der Waals surface area contributed by atoms with E-state index >= 15 is 0 Å². The fourth-order valence-electron chi connectivity index (χ4n) is 2.49. The molecule has 4 heteroatoms. The summed E-state index contributed by atoms with van der Waals surface area (Å²) >= 11 is 0. The van der Waals surface area contributed by atoms with Crippen LogP contribution in [-0.4, -0.2) is 46.3 Å². The Morgan fingerprint density at radius 1 is 1.17 bits per heavy atom. The summed E-state index contributed by atoms with van der Waals surface area (Å²) in [6, 6.07) is 0. The van der Waals surface area contributed by atoms with Crippen LogP contribution in [0.2, 0.25) is 0 Å². The maximum atomic E-state index is 10.0. The molecule has 0 saturated carbocycles. The van der Waals surface area contributed by atoms with Crippen LogP contribution in [0.3, 0.4) is 0 Å². The molecule has 1 heterocycles. The summed E-state index contributed by atoms with van der Waals surface area (Å²) in [6.07, 6.45) is 6.13. The van der Waals surface area contributed by atoms with Crippen molar-refractivity contribution in [1.82, 2.24) is 0 Å². The second kappa shape index (κ2) is 5.97. The van der Waals surface area contributed by atoms with E-state index in [4.69, 9.17) is 4.74 Å². The highest BCUT2D eigenvalue weighted by Gasteiger charge is 2.54. The molecule has 0 unspecified atom stereocenters. The first-order valence-electron chi connectivity index (χ1n) is 6.72. The Kier molecular flexibility index (Phi) is 4.56. The molecule has 102 valence electrons. The van der Waals surface area contributed by atoms with Crippen molar-refractivity contribution in [3.05, 3.63) is 23.3 Å². The predicted molar refractivity (Wildman–Crippen MR) is 68.1 cm³/mol. The lowest BCUT2D eigenvalue weighted by molar-refractivity contribution is 0.141. The summed E-state index contributed by atoms with van der Waals surface area (Å²) in [5, 5.41) is 29.3. The van der Waals surface area contributed by atoms with Crippen LogP contribution in [-0.2, 0) is 4.74 Å². The van der Waals surface area contributed by atoms with Crippen LogP contribution in [0.5, 0.6) is 0 Å². The zero-order chi connectivity index (χ0) is 13.1. The van der Waals surface area contributed by atoms with Gasteiger partial charge in [0, 0.05) is 0 Å². The van der Waals surface area contributed by atoms with Crippen LogP contribution in [0.4, 0.5) is 0 Å². The molecule has 0 bridgehead atoms. The normalized spacial score (nSPS) is 35.1. The average Bonchev–Trinajstić information content (AvgIpc) is 3.15. The van der Waals surface area contributed by atoms with E-state index < -0.39 is 12.2 Å². The molecule has 18 heavy (non-hydrogen) atoms. The van der Waals surface area contributed by atoms with Crippen molar-refractivity contribution in [1.29, 1.82) is 0 Å². The number of aliphatic hydroxyl groups excluding tert-OH is 3. The van der Waals surface area contributed by atoms with Crippen molar-refractivity contribution >= 4 is 0 Å². The molecule has 0 aromatic rings. The monoisotopic (exact) mass is 254 g/mol. The Balaban J connectivity index is 2.02. The average molecular weight is 254 g/mol. The van der Waals surface area contributed by atoms with E-state index in [0.29, 0.717) is 11.1 Å². The Hall–Kier alpha value is -0.680. The third kappa shape index (κ3) is 2.67. The summed E-state index contributed by atoms with van der Waals surface area (Å²) in [5.41, 5.74) is 1.12. The second-order valence-electron chi connectivity index (χ2n) is 4.99. The van der Waals surface area contributed by atoms with Gasteiger partial charge in [0.25, 0.3) is 0 Å². The molecule has 1 aliphatic heterocycles. The maximum absolute atomic E-state index is 10.0. The third-order valence-electron chi connectivity index (χ3n) is 3.67. The first-order valence-corrected chi connectivity index (χ1v) is 6.72. The smallest absolute Gasteiger partial charge is 0.117 e. The molecule has 0 aromatic carbocycles. The summed E-state index contributed by atoms with van der Waals surface area (Å²) < 4.78 is 5.22. The largest absolute Gasteiger partial charge is 0.392 e. The number of fused-ring (bicyclic) bond motifs is 1. The zero-order valence-corrected chi connectivity index (χ0v) is 10.7. The molecule has 1 saturated heterocycles. The second-order valence-corrected chi connectivity index (χ2v) is 4.99. The van der Waals surface area contributed by atoms with Gasteiger partial charge >= 0.3 is 0 Å². The minimum absolute atomic E-state index is 0.237. The van der Waals surface area contributed by atoms with E-state index in [1.54, 1.807) is 0 Å². The number of hydrogen-bond donors (Lipinski definition) is 3. The van der Waals surface area contributed by atoms with Gasteiger partial charge in [-0.3, -0.25) is 0 Å². The van der Waals surface area contributed by atoms with Crippen molar-refractivity contribution in [2.75, 3.05) is 6.61 Å². The standard InChI is InChI=1S/C14H22O4/c1-2-3-4-5-6-7-9-10(8-15)12(17)14-13(18-14)11(9)16/h6-7,11-17H,2-5,8H2,1H3/b7-6+/t11-,12-,13-,14+/m0/s1. The number of unbranched alkanes of at least 4 members (excludes halogenated alkanes) is 3. The molecule has 2 rings (SSSR count). The molecular formula is C14H22O4. The van der Waals surface area contributed by atoms with Crippen LogP contribution >= 0.6 is 0 Å². The predicted octanol–water partition coefficient (Wildman–Crippen LogP) is 0.915. The molecule has 1 aliphatic carbocycles. The van der Waals surface area contributed by atoms with E-state index in [9.17, 15) is 15.3 Å². The molecule has 0 aromatic heterocycles. The van der Waals surface area contributed by atoms with Gasteiger partial charge in [-0.25, -0.2) is 0 Å². The molecule has 1 fully saturated rings. The van der Waals surface area contributed by atoms with Crippen molar-refractivity contribution in [2.24, 2.45) is 0 Å².